The van der Waals surface area contributed by atoms with E-state index in [0.29, 0.717) is 0 Å². The minimum Gasteiger partial charge on any atom is -0.324 e. The topological polar surface area (TPSA) is 53.0 Å². The molecule has 3 aromatic carbocycles. The van der Waals surface area contributed by atoms with Crippen LogP contribution < -0.4 is 0 Å². The van der Waals surface area contributed by atoms with E-state index in [4.69, 9.17) is 4.52 Å². The van der Waals surface area contributed by atoms with Gasteiger partial charge in [-0.05, 0) is 53.4 Å². The van der Waals surface area contributed by atoms with Gasteiger partial charge < -0.3 is 9.42 Å². The summed E-state index contributed by atoms with van der Waals surface area (Å²) in [6.07, 6.45) is 0.00789. The van der Waals surface area contributed by atoms with Gasteiger partial charge in [-0.1, -0.05) is 48.5 Å². The second-order valence-corrected chi connectivity index (χ2v) is 10.7. The maximum atomic E-state index is 13.5. The van der Waals surface area contributed by atoms with Crippen LogP contribution in [0.25, 0.3) is 0 Å². The fourth-order valence-corrected chi connectivity index (χ4v) is 5.74. The second kappa shape index (κ2) is 11.5. The van der Waals surface area contributed by atoms with Gasteiger partial charge in [-0.15, -0.1) is 0 Å². The normalized spacial score (nSPS) is 16.9. The van der Waals surface area contributed by atoms with Gasteiger partial charge in [-0.2, -0.15) is 0 Å². The van der Waals surface area contributed by atoms with Gasteiger partial charge in [0, 0.05) is 32.7 Å². The molecule has 4 rings (SSSR count). The largest absolute Gasteiger partial charge is 0.332 e. The molecule has 1 N–H and O–H groups in total. The van der Waals surface area contributed by atoms with Gasteiger partial charge in [-0.25, -0.2) is 8.78 Å². The van der Waals surface area contributed by atoms with Crippen molar-refractivity contribution in [2.45, 2.75) is 25.7 Å². The molecule has 0 aromatic heterocycles. The zero-order valence-electron chi connectivity index (χ0n) is 19.8. The quantitative estimate of drug-likeness (QED) is 0.388. The maximum absolute atomic E-state index is 13.5. The monoisotopic (exact) mass is 500 g/mol. The van der Waals surface area contributed by atoms with E-state index >= 15 is 0 Å². The Morgan fingerprint density at radius 1 is 0.829 bits per heavy atom. The second-order valence-electron chi connectivity index (χ2n) is 8.85. The summed E-state index contributed by atoms with van der Waals surface area (Å²) < 4.78 is 44.0. The van der Waals surface area contributed by atoms with Gasteiger partial charge in [0.1, 0.15) is 11.6 Å². The van der Waals surface area contributed by atoms with Crippen molar-refractivity contribution in [2.75, 3.05) is 32.8 Å². The third-order valence-corrected chi connectivity index (χ3v) is 7.71. The highest BCUT2D eigenvalue weighted by atomic mass is 31.2. The van der Waals surface area contributed by atoms with E-state index in [-0.39, 0.29) is 30.4 Å². The molecule has 1 unspecified atom stereocenters. The molecule has 0 saturated carbocycles. The molecule has 0 radical (unpaired) electrons. The molecule has 1 saturated heterocycles. The minimum atomic E-state index is -3.59. The van der Waals surface area contributed by atoms with Crippen molar-refractivity contribution in [3.05, 3.63) is 107 Å². The van der Waals surface area contributed by atoms with E-state index in [1.165, 1.54) is 24.3 Å². The highest BCUT2D eigenvalue weighted by molar-refractivity contribution is 7.51. The van der Waals surface area contributed by atoms with Crippen molar-refractivity contribution in [1.29, 1.82) is 0 Å². The predicted molar refractivity (Wildman–Crippen MR) is 133 cm³/mol. The van der Waals surface area contributed by atoms with E-state index < -0.39 is 7.60 Å². The summed E-state index contributed by atoms with van der Waals surface area (Å²) in [4.78, 5) is 14.6. The summed E-state index contributed by atoms with van der Waals surface area (Å²) in [6, 6.07) is 20.7. The SMILES string of the molecule is CCOP(=O)(O)Cc1ccc(CN2CCN(C(c3ccc(F)cc3)c3ccc(F)cc3)CC2)cc1. The molecule has 35 heavy (non-hydrogen) atoms. The molecule has 1 fully saturated rings. The summed E-state index contributed by atoms with van der Waals surface area (Å²) in [7, 11) is -3.59. The van der Waals surface area contributed by atoms with E-state index in [2.05, 4.69) is 9.80 Å². The fourth-order valence-electron chi connectivity index (χ4n) is 4.57. The summed E-state index contributed by atoms with van der Waals surface area (Å²) in [6.45, 7) is 6.05. The number of rotatable bonds is 9. The lowest BCUT2D eigenvalue weighted by Gasteiger charge is -2.40. The molecular formula is C27H31F2N2O3P. The van der Waals surface area contributed by atoms with Gasteiger partial charge >= 0.3 is 7.60 Å². The third kappa shape index (κ3) is 7.06. The molecule has 1 atom stereocenters. The Morgan fingerprint density at radius 2 is 1.31 bits per heavy atom. The van der Waals surface area contributed by atoms with E-state index in [0.717, 1.165) is 55.0 Å². The Kier molecular flexibility index (Phi) is 8.47. The molecule has 0 spiro atoms. The summed E-state index contributed by atoms with van der Waals surface area (Å²) in [5.41, 5.74) is 3.88. The summed E-state index contributed by atoms with van der Waals surface area (Å²) in [5.74, 6) is -0.552. The Hall–Kier alpha value is -2.41. The summed E-state index contributed by atoms with van der Waals surface area (Å²) in [5, 5.41) is 0. The van der Waals surface area contributed by atoms with Crippen LogP contribution in [0.4, 0.5) is 8.78 Å². The van der Waals surface area contributed by atoms with Crippen molar-refractivity contribution < 1.29 is 22.8 Å². The zero-order chi connectivity index (χ0) is 24.8. The first-order valence-electron chi connectivity index (χ1n) is 11.8. The fraction of sp³-hybridized carbons (Fsp3) is 0.333. The molecule has 186 valence electrons. The molecule has 0 amide bonds. The predicted octanol–water partition coefficient (Wildman–Crippen LogP) is 5.59. The molecule has 1 heterocycles. The van der Waals surface area contributed by atoms with E-state index in [1.807, 2.05) is 24.3 Å². The van der Waals surface area contributed by atoms with Gasteiger partial charge in [0.15, 0.2) is 0 Å². The molecule has 3 aromatic rings. The van der Waals surface area contributed by atoms with Crippen LogP contribution in [0, 0.1) is 11.6 Å². The standard InChI is InChI=1S/C27H31F2N2O3P/c1-2-34-35(32,33)20-22-5-3-21(4-6-22)19-30-15-17-31(18-16-30)27(23-7-11-25(28)12-8-23)24-9-13-26(29)14-10-24/h3-14,27H,2,15-20H2,1H3,(H,32,33). The molecular weight excluding hydrogens is 469 g/mol. The van der Waals surface area contributed by atoms with Gasteiger partial charge in [0.25, 0.3) is 0 Å². The number of nitrogens with zero attached hydrogens (tertiary/aromatic N) is 2. The maximum Gasteiger partial charge on any atom is 0.332 e. The number of hydrogen-bond acceptors (Lipinski definition) is 4. The smallest absolute Gasteiger partial charge is 0.324 e. The van der Waals surface area contributed by atoms with E-state index in [1.54, 1.807) is 31.2 Å². The third-order valence-electron chi connectivity index (χ3n) is 6.29. The lowest BCUT2D eigenvalue weighted by molar-refractivity contribution is 0.105. The van der Waals surface area contributed by atoms with Crippen LogP contribution in [0.3, 0.4) is 0 Å². The Balaban J connectivity index is 1.39. The van der Waals surface area contributed by atoms with Crippen molar-refractivity contribution >= 4 is 7.60 Å². The van der Waals surface area contributed by atoms with Crippen LogP contribution in [-0.4, -0.2) is 47.5 Å². The molecule has 5 nitrogen and oxygen atoms in total. The Labute approximate surface area is 205 Å². The number of hydrogen-bond donors (Lipinski definition) is 1. The van der Waals surface area contributed by atoms with E-state index in [9.17, 15) is 18.2 Å². The number of halogens is 2. The van der Waals surface area contributed by atoms with Crippen molar-refractivity contribution in [1.82, 2.24) is 9.80 Å². The zero-order valence-corrected chi connectivity index (χ0v) is 20.7. The van der Waals surface area contributed by atoms with Gasteiger partial charge in [0.2, 0.25) is 0 Å². The lowest BCUT2D eigenvalue weighted by Crippen LogP contribution is -2.47. The Bertz CT molecular complexity index is 1090. The van der Waals surface area contributed by atoms with Gasteiger partial charge in [-0.3, -0.25) is 14.4 Å². The molecule has 8 heteroatoms. The van der Waals surface area contributed by atoms with Crippen LogP contribution in [-0.2, 0) is 21.8 Å². The van der Waals surface area contributed by atoms with Gasteiger partial charge in [0.05, 0.1) is 18.8 Å². The van der Waals surface area contributed by atoms with Crippen LogP contribution >= 0.6 is 7.60 Å². The van der Waals surface area contributed by atoms with Crippen LogP contribution in [0.5, 0.6) is 0 Å². The lowest BCUT2D eigenvalue weighted by atomic mass is 9.96. The molecule has 0 bridgehead atoms. The van der Waals surface area contributed by atoms with Crippen LogP contribution in [0.1, 0.15) is 35.2 Å². The molecule has 0 aliphatic carbocycles. The average molecular weight is 501 g/mol. The van der Waals surface area contributed by atoms with Crippen LogP contribution in [0.2, 0.25) is 0 Å². The molecule has 1 aliphatic rings. The first-order chi connectivity index (χ1) is 16.8. The van der Waals surface area contributed by atoms with Crippen LogP contribution in [0.15, 0.2) is 72.8 Å². The highest BCUT2D eigenvalue weighted by Gasteiger charge is 2.27. The number of piperazine rings is 1. The van der Waals surface area contributed by atoms with Crippen molar-refractivity contribution in [3.8, 4) is 0 Å². The molecule has 1 aliphatic heterocycles. The first-order valence-corrected chi connectivity index (χ1v) is 13.6. The summed E-state index contributed by atoms with van der Waals surface area (Å²) >= 11 is 0. The Morgan fingerprint density at radius 3 is 1.80 bits per heavy atom. The highest BCUT2D eigenvalue weighted by Crippen LogP contribution is 2.45. The first kappa shape index (κ1) is 25.7. The van der Waals surface area contributed by atoms with Crippen molar-refractivity contribution in [3.63, 3.8) is 0 Å². The number of benzene rings is 3. The van der Waals surface area contributed by atoms with Crippen molar-refractivity contribution in [2.24, 2.45) is 0 Å². The average Bonchev–Trinajstić information content (AvgIpc) is 2.84. The minimum absolute atomic E-state index is 0.00789.